The van der Waals surface area contributed by atoms with Crippen molar-refractivity contribution in [1.29, 1.82) is 0 Å². The molecule has 102 valence electrons. The zero-order valence-corrected chi connectivity index (χ0v) is 12.2. The third-order valence-corrected chi connectivity index (χ3v) is 6.15. The first-order valence-corrected chi connectivity index (χ1v) is 8.58. The molecule has 2 aliphatic heterocycles. The second-order valence-corrected chi connectivity index (χ2v) is 7.33. The molecule has 2 aliphatic rings. The van der Waals surface area contributed by atoms with Crippen LogP contribution in [-0.2, 0) is 11.2 Å². The minimum atomic E-state index is 0.0470. The molecule has 0 saturated carbocycles. The van der Waals surface area contributed by atoms with E-state index >= 15 is 0 Å². The van der Waals surface area contributed by atoms with Gasteiger partial charge in [-0.2, -0.15) is 23.5 Å². The van der Waals surface area contributed by atoms with Gasteiger partial charge < -0.3 is 16.4 Å². The lowest BCUT2D eigenvalue weighted by Crippen LogP contribution is -2.23. The van der Waals surface area contributed by atoms with Crippen LogP contribution in [0.5, 0.6) is 0 Å². The Bertz CT molecular complexity index is 501. The van der Waals surface area contributed by atoms with Crippen molar-refractivity contribution in [3.63, 3.8) is 0 Å². The van der Waals surface area contributed by atoms with Gasteiger partial charge in [0, 0.05) is 34.7 Å². The molecule has 0 spiro atoms. The van der Waals surface area contributed by atoms with Crippen LogP contribution in [0, 0.1) is 0 Å². The normalized spacial score (nSPS) is 21.9. The fraction of sp³-hybridized carbons (Fsp3) is 0.462. The van der Waals surface area contributed by atoms with Crippen molar-refractivity contribution in [3.05, 3.63) is 17.7 Å². The molecule has 1 aromatic rings. The largest absolute Gasteiger partial charge is 0.397 e. The van der Waals surface area contributed by atoms with Gasteiger partial charge >= 0.3 is 0 Å². The van der Waals surface area contributed by atoms with E-state index in [0.29, 0.717) is 11.7 Å². The molecule has 0 radical (unpaired) electrons. The van der Waals surface area contributed by atoms with Gasteiger partial charge in [0.05, 0.1) is 17.8 Å². The lowest BCUT2D eigenvalue weighted by molar-refractivity contribution is -0.115. The summed E-state index contributed by atoms with van der Waals surface area (Å²) in [7, 11) is 0. The van der Waals surface area contributed by atoms with E-state index in [-0.39, 0.29) is 5.91 Å². The Morgan fingerprint density at radius 2 is 2.32 bits per heavy atom. The van der Waals surface area contributed by atoms with Gasteiger partial charge in [0.1, 0.15) is 0 Å². The summed E-state index contributed by atoms with van der Waals surface area (Å²) in [4.78, 5) is 11.3. The molecular formula is C13H17N3OS2. The second kappa shape index (κ2) is 5.54. The number of fused-ring (bicyclic) bond motifs is 1. The van der Waals surface area contributed by atoms with Gasteiger partial charge in [-0.15, -0.1) is 0 Å². The van der Waals surface area contributed by atoms with Crippen LogP contribution in [0.15, 0.2) is 12.1 Å². The molecule has 6 heteroatoms. The summed E-state index contributed by atoms with van der Waals surface area (Å²) < 4.78 is 0. The van der Waals surface area contributed by atoms with Crippen molar-refractivity contribution >= 4 is 46.5 Å². The van der Waals surface area contributed by atoms with E-state index in [2.05, 4.69) is 10.6 Å². The van der Waals surface area contributed by atoms with Gasteiger partial charge in [-0.1, -0.05) is 0 Å². The maximum absolute atomic E-state index is 11.3. The number of rotatable bonds is 3. The van der Waals surface area contributed by atoms with E-state index in [1.807, 2.05) is 35.7 Å². The number of nitrogen functional groups attached to an aromatic ring is 1. The van der Waals surface area contributed by atoms with Gasteiger partial charge in [0.25, 0.3) is 0 Å². The van der Waals surface area contributed by atoms with E-state index in [0.717, 1.165) is 29.2 Å². The van der Waals surface area contributed by atoms with Crippen molar-refractivity contribution < 1.29 is 4.79 Å². The predicted octanol–water partition coefficient (Wildman–Crippen LogP) is 2.02. The van der Waals surface area contributed by atoms with Gasteiger partial charge in [-0.25, -0.2) is 0 Å². The number of thioether (sulfide) groups is 2. The Hall–Kier alpha value is -1.01. The number of hydrogen-bond donors (Lipinski definition) is 3. The molecule has 1 atom stereocenters. The lowest BCUT2D eigenvalue weighted by atomic mass is 10.1. The molecular weight excluding hydrogens is 278 g/mol. The molecule has 1 aromatic carbocycles. The summed E-state index contributed by atoms with van der Waals surface area (Å²) in [6, 6.07) is 3.86. The number of carbonyl (C=O) groups is 1. The number of carbonyl (C=O) groups excluding carboxylic acids is 1. The van der Waals surface area contributed by atoms with Crippen LogP contribution < -0.4 is 16.4 Å². The Labute approximate surface area is 121 Å². The molecule has 1 amide bonds. The minimum absolute atomic E-state index is 0.0470. The Kier molecular flexibility index (Phi) is 3.79. The average molecular weight is 295 g/mol. The third-order valence-electron chi connectivity index (χ3n) is 3.31. The fourth-order valence-corrected chi connectivity index (χ4v) is 4.94. The van der Waals surface area contributed by atoms with E-state index in [4.69, 9.17) is 5.73 Å². The quantitative estimate of drug-likeness (QED) is 0.745. The lowest BCUT2D eigenvalue weighted by Gasteiger charge is -2.22. The first-order chi connectivity index (χ1) is 9.22. The highest BCUT2D eigenvalue weighted by Crippen LogP contribution is 2.32. The van der Waals surface area contributed by atoms with Crippen molar-refractivity contribution in [1.82, 2.24) is 0 Å². The first kappa shape index (κ1) is 13.0. The number of anilines is 3. The van der Waals surface area contributed by atoms with E-state index in [1.165, 1.54) is 17.3 Å². The van der Waals surface area contributed by atoms with E-state index in [1.54, 1.807) is 0 Å². The zero-order chi connectivity index (χ0) is 13.2. The average Bonchev–Trinajstić information content (AvgIpc) is 2.76. The SMILES string of the molecule is Nc1cc2c(cc1NCC1CSCCS1)NC(=O)C2. The molecule has 4 nitrogen and oxygen atoms in total. The maximum Gasteiger partial charge on any atom is 0.228 e. The molecule has 0 aromatic heterocycles. The standard InChI is InChI=1S/C13H17N3OS2/c14-10-3-8-4-13(17)16-11(8)5-12(10)15-6-9-7-18-1-2-19-9/h3,5,9,15H,1-2,4,6-7,14H2,(H,16,17). The Balaban J connectivity index is 1.67. The predicted molar refractivity (Wildman–Crippen MR) is 85.2 cm³/mol. The summed E-state index contributed by atoms with van der Waals surface area (Å²) in [5.41, 5.74) is 9.59. The van der Waals surface area contributed by atoms with Crippen molar-refractivity contribution in [2.24, 2.45) is 0 Å². The minimum Gasteiger partial charge on any atom is -0.397 e. The van der Waals surface area contributed by atoms with Crippen LogP contribution in [0.3, 0.4) is 0 Å². The van der Waals surface area contributed by atoms with Crippen molar-refractivity contribution in [2.75, 3.05) is 40.2 Å². The van der Waals surface area contributed by atoms with Crippen molar-refractivity contribution in [3.8, 4) is 0 Å². The molecule has 0 bridgehead atoms. The van der Waals surface area contributed by atoms with E-state index < -0.39 is 0 Å². The highest BCUT2D eigenvalue weighted by atomic mass is 32.2. The van der Waals surface area contributed by atoms with Crippen LogP contribution in [0.4, 0.5) is 17.1 Å². The highest BCUT2D eigenvalue weighted by molar-refractivity contribution is 8.06. The van der Waals surface area contributed by atoms with E-state index in [9.17, 15) is 4.79 Å². The molecule has 2 heterocycles. The first-order valence-electron chi connectivity index (χ1n) is 6.38. The molecule has 0 aliphatic carbocycles. The smallest absolute Gasteiger partial charge is 0.228 e. The second-order valence-electron chi connectivity index (χ2n) is 4.77. The zero-order valence-electron chi connectivity index (χ0n) is 10.6. The monoisotopic (exact) mass is 295 g/mol. The fourth-order valence-electron chi connectivity index (χ4n) is 2.32. The summed E-state index contributed by atoms with van der Waals surface area (Å²) in [6.07, 6.45) is 0.439. The molecule has 4 N–H and O–H groups in total. The summed E-state index contributed by atoms with van der Waals surface area (Å²) >= 11 is 4.03. The summed E-state index contributed by atoms with van der Waals surface area (Å²) in [5.74, 6) is 3.73. The van der Waals surface area contributed by atoms with Gasteiger partial charge in [-0.3, -0.25) is 4.79 Å². The van der Waals surface area contributed by atoms with Gasteiger partial charge in [0.2, 0.25) is 5.91 Å². The van der Waals surface area contributed by atoms with Crippen molar-refractivity contribution in [2.45, 2.75) is 11.7 Å². The number of amides is 1. The summed E-state index contributed by atoms with van der Waals surface area (Å²) in [6.45, 7) is 0.925. The van der Waals surface area contributed by atoms with Gasteiger partial charge in [0.15, 0.2) is 0 Å². The highest BCUT2D eigenvalue weighted by Gasteiger charge is 2.20. The third kappa shape index (κ3) is 2.95. The molecule has 19 heavy (non-hydrogen) atoms. The van der Waals surface area contributed by atoms with Gasteiger partial charge in [-0.05, 0) is 17.7 Å². The summed E-state index contributed by atoms with van der Waals surface area (Å²) in [5, 5.41) is 6.92. The van der Waals surface area contributed by atoms with Crippen LogP contribution in [-0.4, -0.2) is 35.0 Å². The molecule has 3 rings (SSSR count). The van der Waals surface area contributed by atoms with Crippen LogP contribution in [0.1, 0.15) is 5.56 Å². The number of nitrogens with one attached hydrogen (secondary N) is 2. The number of benzene rings is 1. The Morgan fingerprint density at radius 1 is 1.42 bits per heavy atom. The molecule has 1 saturated heterocycles. The number of hydrogen-bond acceptors (Lipinski definition) is 5. The Morgan fingerprint density at radius 3 is 3.11 bits per heavy atom. The van der Waals surface area contributed by atoms with Crippen LogP contribution in [0.25, 0.3) is 0 Å². The number of nitrogens with two attached hydrogens (primary N) is 1. The molecule has 1 unspecified atom stereocenters. The van der Waals surface area contributed by atoms with Crippen LogP contribution >= 0.6 is 23.5 Å². The van der Waals surface area contributed by atoms with Crippen LogP contribution in [0.2, 0.25) is 0 Å². The molecule has 1 fully saturated rings. The topological polar surface area (TPSA) is 67.2 Å². The maximum atomic E-state index is 11.3.